The average molecular weight is 227 g/mol. The molecule has 1 aromatic heterocycles. The molecule has 1 aromatic rings. The van der Waals surface area contributed by atoms with E-state index in [-0.39, 0.29) is 6.10 Å². The second kappa shape index (κ2) is 6.99. The Bertz CT molecular complexity index is 248. The SMILES string of the molecule is CCCNC(Cc1cccs1)C(C)OC. The van der Waals surface area contributed by atoms with Gasteiger partial charge in [0.05, 0.1) is 6.10 Å². The Hall–Kier alpha value is -0.380. The topological polar surface area (TPSA) is 21.3 Å². The van der Waals surface area contributed by atoms with E-state index in [1.165, 1.54) is 4.88 Å². The number of hydrogen-bond donors (Lipinski definition) is 1. The first kappa shape index (κ1) is 12.7. The molecule has 1 N–H and O–H groups in total. The molecule has 0 fully saturated rings. The lowest BCUT2D eigenvalue weighted by molar-refractivity contribution is 0.0833. The summed E-state index contributed by atoms with van der Waals surface area (Å²) in [4.78, 5) is 1.42. The molecule has 0 aromatic carbocycles. The fraction of sp³-hybridized carbons (Fsp3) is 0.667. The molecule has 15 heavy (non-hydrogen) atoms. The molecule has 1 heterocycles. The maximum absolute atomic E-state index is 5.40. The van der Waals surface area contributed by atoms with E-state index < -0.39 is 0 Å². The molecular formula is C12H21NOS. The maximum Gasteiger partial charge on any atom is 0.0699 e. The summed E-state index contributed by atoms with van der Waals surface area (Å²) in [7, 11) is 1.78. The molecule has 3 heteroatoms. The van der Waals surface area contributed by atoms with Gasteiger partial charge in [-0.1, -0.05) is 13.0 Å². The van der Waals surface area contributed by atoms with Crippen LogP contribution in [0.4, 0.5) is 0 Å². The van der Waals surface area contributed by atoms with Crippen LogP contribution in [0.15, 0.2) is 17.5 Å². The Morgan fingerprint density at radius 2 is 2.33 bits per heavy atom. The summed E-state index contributed by atoms with van der Waals surface area (Å²) in [6.07, 6.45) is 2.49. The van der Waals surface area contributed by atoms with Crippen LogP contribution < -0.4 is 5.32 Å². The van der Waals surface area contributed by atoms with E-state index in [2.05, 4.69) is 36.7 Å². The molecule has 0 bridgehead atoms. The van der Waals surface area contributed by atoms with E-state index in [4.69, 9.17) is 4.74 Å². The van der Waals surface area contributed by atoms with Crippen molar-refractivity contribution >= 4 is 11.3 Å². The van der Waals surface area contributed by atoms with Gasteiger partial charge in [-0.05, 0) is 37.8 Å². The zero-order chi connectivity index (χ0) is 11.1. The highest BCUT2D eigenvalue weighted by Crippen LogP contribution is 2.13. The molecule has 0 aliphatic rings. The van der Waals surface area contributed by atoms with Gasteiger partial charge in [0.15, 0.2) is 0 Å². The smallest absolute Gasteiger partial charge is 0.0699 e. The number of thiophene rings is 1. The van der Waals surface area contributed by atoms with Crippen molar-refractivity contribution in [2.45, 2.75) is 38.8 Å². The third-order valence-corrected chi connectivity index (χ3v) is 3.49. The Labute approximate surface area is 96.7 Å². The zero-order valence-corrected chi connectivity index (χ0v) is 10.6. The molecule has 2 unspecified atom stereocenters. The van der Waals surface area contributed by atoms with E-state index in [1.807, 2.05) is 11.3 Å². The molecule has 1 rings (SSSR count). The summed E-state index contributed by atoms with van der Waals surface area (Å²) in [6, 6.07) is 4.72. The third-order valence-electron chi connectivity index (χ3n) is 2.60. The summed E-state index contributed by atoms with van der Waals surface area (Å²) >= 11 is 1.82. The minimum Gasteiger partial charge on any atom is -0.380 e. The lowest BCUT2D eigenvalue weighted by atomic mass is 10.1. The molecule has 0 aliphatic carbocycles. The minimum atomic E-state index is 0.263. The van der Waals surface area contributed by atoms with Gasteiger partial charge in [-0.15, -0.1) is 11.3 Å². The Kier molecular flexibility index (Phi) is 5.91. The molecule has 2 atom stereocenters. The maximum atomic E-state index is 5.40. The van der Waals surface area contributed by atoms with Crippen molar-refractivity contribution in [3.63, 3.8) is 0 Å². The molecule has 86 valence electrons. The van der Waals surface area contributed by atoms with Gasteiger partial charge in [0.2, 0.25) is 0 Å². The number of methoxy groups -OCH3 is 1. The number of nitrogens with one attached hydrogen (secondary N) is 1. The van der Waals surface area contributed by atoms with Crippen LogP contribution in [-0.2, 0) is 11.2 Å². The summed E-state index contributed by atoms with van der Waals surface area (Å²) in [5.41, 5.74) is 0. The molecule has 0 spiro atoms. The molecule has 0 saturated heterocycles. The number of ether oxygens (including phenoxy) is 1. The van der Waals surface area contributed by atoms with E-state index in [0.717, 1.165) is 19.4 Å². The standard InChI is InChI=1S/C12H21NOS/c1-4-7-13-12(10(2)14-3)9-11-6-5-8-15-11/h5-6,8,10,12-13H,4,7,9H2,1-3H3. The summed E-state index contributed by atoms with van der Waals surface area (Å²) in [5.74, 6) is 0. The molecule has 2 nitrogen and oxygen atoms in total. The van der Waals surface area contributed by atoms with Crippen molar-refractivity contribution in [1.82, 2.24) is 5.32 Å². The van der Waals surface area contributed by atoms with Crippen molar-refractivity contribution in [3.8, 4) is 0 Å². The van der Waals surface area contributed by atoms with E-state index in [1.54, 1.807) is 7.11 Å². The van der Waals surface area contributed by atoms with Gasteiger partial charge in [-0.25, -0.2) is 0 Å². The predicted molar refractivity (Wildman–Crippen MR) is 66.6 cm³/mol. The predicted octanol–water partition coefficient (Wildman–Crippen LogP) is 2.69. The molecule has 0 saturated carbocycles. The van der Waals surface area contributed by atoms with Gasteiger partial charge in [-0.3, -0.25) is 0 Å². The van der Waals surface area contributed by atoms with Crippen LogP contribution in [0.5, 0.6) is 0 Å². The van der Waals surface area contributed by atoms with Crippen molar-refractivity contribution in [1.29, 1.82) is 0 Å². The highest BCUT2D eigenvalue weighted by atomic mass is 32.1. The van der Waals surface area contributed by atoms with Crippen molar-refractivity contribution < 1.29 is 4.74 Å². The van der Waals surface area contributed by atoms with E-state index >= 15 is 0 Å². The average Bonchev–Trinajstić information content (AvgIpc) is 2.75. The highest BCUT2D eigenvalue weighted by Gasteiger charge is 2.16. The largest absolute Gasteiger partial charge is 0.380 e. The fourth-order valence-electron chi connectivity index (χ4n) is 1.54. The second-order valence-corrected chi connectivity index (χ2v) is 4.82. The van der Waals surface area contributed by atoms with Crippen LogP contribution in [0.3, 0.4) is 0 Å². The van der Waals surface area contributed by atoms with Gasteiger partial charge >= 0.3 is 0 Å². The fourth-order valence-corrected chi connectivity index (χ4v) is 2.31. The van der Waals surface area contributed by atoms with Gasteiger partial charge in [0.25, 0.3) is 0 Å². The van der Waals surface area contributed by atoms with Crippen LogP contribution in [0.2, 0.25) is 0 Å². The Balaban J connectivity index is 2.48. The van der Waals surface area contributed by atoms with Crippen LogP contribution in [0, 0.1) is 0 Å². The summed E-state index contributed by atoms with van der Waals surface area (Å²) in [6.45, 7) is 5.37. The normalized spacial score (nSPS) is 15.1. The first-order chi connectivity index (χ1) is 7.27. The first-order valence-corrected chi connectivity index (χ1v) is 6.44. The van der Waals surface area contributed by atoms with Crippen LogP contribution in [0.1, 0.15) is 25.1 Å². The highest BCUT2D eigenvalue weighted by molar-refractivity contribution is 7.09. The molecule has 0 radical (unpaired) electrons. The van der Waals surface area contributed by atoms with Gasteiger partial charge < -0.3 is 10.1 Å². The first-order valence-electron chi connectivity index (χ1n) is 5.56. The molecule has 0 amide bonds. The van der Waals surface area contributed by atoms with Crippen LogP contribution in [0.25, 0.3) is 0 Å². The zero-order valence-electron chi connectivity index (χ0n) is 9.82. The number of rotatable bonds is 7. The van der Waals surface area contributed by atoms with Gasteiger partial charge in [-0.2, -0.15) is 0 Å². The lowest BCUT2D eigenvalue weighted by Crippen LogP contribution is -2.41. The Morgan fingerprint density at radius 3 is 2.87 bits per heavy atom. The molecular weight excluding hydrogens is 206 g/mol. The second-order valence-electron chi connectivity index (χ2n) is 3.78. The van der Waals surface area contributed by atoms with Gasteiger partial charge in [0, 0.05) is 18.0 Å². The van der Waals surface area contributed by atoms with Gasteiger partial charge in [0.1, 0.15) is 0 Å². The quantitative estimate of drug-likeness (QED) is 0.773. The van der Waals surface area contributed by atoms with Crippen molar-refractivity contribution in [2.75, 3.05) is 13.7 Å². The third kappa shape index (κ3) is 4.33. The minimum absolute atomic E-state index is 0.263. The van der Waals surface area contributed by atoms with E-state index in [9.17, 15) is 0 Å². The summed E-state index contributed by atoms with van der Waals surface area (Å²) < 4.78 is 5.40. The van der Waals surface area contributed by atoms with Crippen LogP contribution in [-0.4, -0.2) is 25.8 Å². The monoisotopic (exact) mass is 227 g/mol. The molecule has 0 aliphatic heterocycles. The Morgan fingerprint density at radius 1 is 1.53 bits per heavy atom. The van der Waals surface area contributed by atoms with Crippen molar-refractivity contribution in [2.24, 2.45) is 0 Å². The lowest BCUT2D eigenvalue weighted by Gasteiger charge is -2.23. The number of hydrogen-bond acceptors (Lipinski definition) is 3. The van der Waals surface area contributed by atoms with Crippen molar-refractivity contribution in [3.05, 3.63) is 22.4 Å². The summed E-state index contributed by atoms with van der Waals surface area (Å²) in [5, 5.41) is 5.67. The van der Waals surface area contributed by atoms with Crippen LogP contribution >= 0.6 is 11.3 Å². The van der Waals surface area contributed by atoms with E-state index in [0.29, 0.717) is 6.04 Å².